The molecule has 13 heavy (non-hydrogen) atoms. The van der Waals surface area contributed by atoms with Crippen molar-refractivity contribution in [2.45, 2.75) is 12.2 Å². The van der Waals surface area contributed by atoms with Crippen LogP contribution < -0.4 is 0 Å². The van der Waals surface area contributed by atoms with E-state index in [1.54, 1.807) is 0 Å². The standard InChI is InChI=1S/C6H8O6.H2S/c7-1-2(8)5-3(9)4(10)6(11)12-5;/h2,5,7-10H,1H2;1H2/t2-,5+;/m0./s1. The van der Waals surface area contributed by atoms with Crippen LogP contribution in [0.25, 0.3) is 0 Å². The Morgan fingerprint density at radius 2 is 2.00 bits per heavy atom. The van der Waals surface area contributed by atoms with Gasteiger partial charge in [-0.2, -0.15) is 13.5 Å². The quantitative estimate of drug-likeness (QED) is 0.422. The molecule has 0 aliphatic carbocycles. The number of cyclic esters (lactones) is 1. The lowest BCUT2D eigenvalue weighted by Gasteiger charge is -2.13. The number of esters is 1. The van der Waals surface area contributed by atoms with Crippen molar-refractivity contribution in [2.24, 2.45) is 0 Å². The molecule has 0 spiro atoms. The average molecular weight is 210 g/mol. The first kappa shape index (κ1) is 12.1. The van der Waals surface area contributed by atoms with Crippen LogP contribution in [0, 0.1) is 0 Å². The lowest BCUT2D eigenvalue weighted by molar-refractivity contribution is -0.147. The van der Waals surface area contributed by atoms with Gasteiger partial charge >= 0.3 is 5.97 Å². The Morgan fingerprint density at radius 1 is 1.46 bits per heavy atom. The molecule has 76 valence electrons. The molecular weight excluding hydrogens is 200 g/mol. The summed E-state index contributed by atoms with van der Waals surface area (Å²) in [5.41, 5.74) is 0. The van der Waals surface area contributed by atoms with Gasteiger partial charge in [-0.15, -0.1) is 0 Å². The molecule has 0 aromatic rings. The smallest absolute Gasteiger partial charge is 0.377 e. The molecule has 4 N–H and O–H groups in total. The van der Waals surface area contributed by atoms with E-state index in [9.17, 15) is 4.79 Å². The van der Waals surface area contributed by atoms with E-state index in [1.165, 1.54) is 0 Å². The van der Waals surface area contributed by atoms with Crippen LogP contribution in [0.4, 0.5) is 0 Å². The van der Waals surface area contributed by atoms with Gasteiger partial charge < -0.3 is 25.2 Å². The largest absolute Gasteiger partial charge is 0.505 e. The fraction of sp³-hybridized carbons (Fsp3) is 0.500. The van der Waals surface area contributed by atoms with Crippen molar-refractivity contribution in [2.75, 3.05) is 6.61 Å². The maximum Gasteiger partial charge on any atom is 0.377 e. The highest BCUT2D eigenvalue weighted by molar-refractivity contribution is 7.59. The third-order valence-electron chi connectivity index (χ3n) is 1.48. The minimum absolute atomic E-state index is 0. The molecule has 0 saturated heterocycles. The summed E-state index contributed by atoms with van der Waals surface area (Å²) in [5.74, 6) is -2.78. The molecule has 6 nitrogen and oxygen atoms in total. The van der Waals surface area contributed by atoms with Crippen LogP contribution in [0.3, 0.4) is 0 Å². The van der Waals surface area contributed by atoms with Gasteiger partial charge in [0.1, 0.15) is 6.10 Å². The molecule has 7 heteroatoms. The van der Waals surface area contributed by atoms with Crippen molar-refractivity contribution in [3.8, 4) is 0 Å². The van der Waals surface area contributed by atoms with Gasteiger partial charge in [0.05, 0.1) is 6.61 Å². The Hall–Kier alpha value is -0.920. The third-order valence-corrected chi connectivity index (χ3v) is 1.48. The summed E-state index contributed by atoms with van der Waals surface area (Å²) < 4.78 is 4.32. The number of carbonyl (C=O) groups excluding carboxylic acids is 1. The zero-order chi connectivity index (χ0) is 9.30. The third kappa shape index (κ3) is 2.06. The van der Waals surface area contributed by atoms with Gasteiger partial charge in [0.25, 0.3) is 0 Å². The lowest BCUT2D eigenvalue weighted by Crippen LogP contribution is -2.31. The SMILES string of the molecule is O=C1O[C@H]([C@@H](O)CO)C(O)=C1O.S. The molecule has 0 bridgehead atoms. The fourth-order valence-corrected chi connectivity index (χ4v) is 0.823. The molecule has 1 aliphatic rings. The zero-order valence-electron chi connectivity index (χ0n) is 6.47. The monoisotopic (exact) mass is 210 g/mol. The highest BCUT2D eigenvalue weighted by atomic mass is 32.1. The van der Waals surface area contributed by atoms with Crippen LogP contribution in [-0.4, -0.2) is 45.2 Å². The summed E-state index contributed by atoms with van der Waals surface area (Å²) in [6.45, 7) is -0.671. The van der Waals surface area contributed by atoms with Crippen LogP contribution in [0.15, 0.2) is 11.5 Å². The van der Waals surface area contributed by atoms with Crippen molar-refractivity contribution in [3.63, 3.8) is 0 Å². The highest BCUT2D eigenvalue weighted by Crippen LogP contribution is 2.20. The van der Waals surface area contributed by atoms with Gasteiger partial charge in [-0.05, 0) is 0 Å². The molecule has 1 heterocycles. The first-order chi connectivity index (χ1) is 5.57. The summed E-state index contributed by atoms with van der Waals surface area (Å²) in [6, 6.07) is 0. The number of aliphatic hydroxyl groups excluding tert-OH is 4. The summed E-state index contributed by atoms with van der Waals surface area (Å²) in [6.07, 6.45) is -2.78. The zero-order valence-corrected chi connectivity index (χ0v) is 7.47. The van der Waals surface area contributed by atoms with Crippen molar-refractivity contribution in [1.29, 1.82) is 0 Å². The minimum Gasteiger partial charge on any atom is -0.505 e. The lowest BCUT2D eigenvalue weighted by atomic mass is 10.2. The number of carbonyl (C=O) groups is 1. The minimum atomic E-state index is -1.42. The van der Waals surface area contributed by atoms with Gasteiger partial charge in [0.15, 0.2) is 11.9 Å². The molecule has 0 radical (unpaired) electrons. The number of rotatable bonds is 2. The van der Waals surface area contributed by atoms with Crippen molar-refractivity contribution in [3.05, 3.63) is 11.5 Å². The maximum absolute atomic E-state index is 10.5. The predicted octanol–water partition coefficient (Wildman–Crippen LogP) is -1.29. The molecule has 0 saturated carbocycles. The molecule has 0 unspecified atom stereocenters. The van der Waals surface area contributed by atoms with E-state index >= 15 is 0 Å². The molecule has 0 aromatic carbocycles. The van der Waals surface area contributed by atoms with E-state index in [4.69, 9.17) is 20.4 Å². The van der Waals surface area contributed by atoms with Crippen molar-refractivity contribution >= 4 is 19.5 Å². The van der Waals surface area contributed by atoms with Crippen LogP contribution in [0.1, 0.15) is 0 Å². The van der Waals surface area contributed by atoms with E-state index in [2.05, 4.69) is 4.74 Å². The first-order valence-electron chi connectivity index (χ1n) is 3.20. The van der Waals surface area contributed by atoms with Crippen molar-refractivity contribution in [1.82, 2.24) is 0 Å². The number of hydrogen-bond donors (Lipinski definition) is 4. The summed E-state index contributed by atoms with van der Waals surface area (Å²) >= 11 is 0. The summed E-state index contributed by atoms with van der Waals surface area (Å²) in [4.78, 5) is 10.5. The van der Waals surface area contributed by atoms with E-state index in [0.717, 1.165) is 0 Å². The Kier molecular flexibility index (Phi) is 4.05. The maximum atomic E-state index is 10.5. The molecule has 2 atom stereocenters. The summed E-state index contributed by atoms with van der Waals surface area (Å²) in [5, 5.41) is 35.0. The molecule has 1 rings (SSSR count). The van der Waals surface area contributed by atoms with Crippen LogP contribution in [-0.2, 0) is 9.53 Å². The molecular formula is C6H10O6S. The second-order valence-electron chi connectivity index (χ2n) is 2.31. The molecule has 0 amide bonds. The molecule has 0 fully saturated rings. The number of hydrogen-bond acceptors (Lipinski definition) is 6. The van der Waals surface area contributed by atoms with E-state index in [-0.39, 0.29) is 13.5 Å². The average Bonchev–Trinajstić information content (AvgIpc) is 2.32. The Labute approximate surface area is 80.5 Å². The van der Waals surface area contributed by atoms with E-state index in [1.807, 2.05) is 0 Å². The number of ether oxygens (including phenoxy) is 1. The Morgan fingerprint density at radius 3 is 2.31 bits per heavy atom. The van der Waals surface area contributed by atoms with Gasteiger partial charge in [-0.1, -0.05) is 0 Å². The highest BCUT2D eigenvalue weighted by Gasteiger charge is 2.38. The van der Waals surface area contributed by atoms with Crippen molar-refractivity contribution < 1.29 is 30.0 Å². The van der Waals surface area contributed by atoms with Crippen LogP contribution >= 0.6 is 13.5 Å². The Balaban J connectivity index is 0.00000144. The predicted molar refractivity (Wildman–Crippen MR) is 45.6 cm³/mol. The molecule has 1 aliphatic heterocycles. The topological polar surface area (TPSA) is 107 Å². The second kappa shape index (κ2) is 4.35. The van der Waals surface area contributed by atoms with Crippen LogP contribution in [0.2, 0.25) is 0 Å². The number of aliphatic hydroxyl groups is 4. The van der Waals surface area contributed by atoms with Gasteiger partial charge in [0.2, 0.25) is 5.76 Å². The van der Waals surface area contributed by atoms with Gasteiger partial charge in [0, 0.05) is 0 Å². The molecule has 0 aromatic heterocycles. The Bertz CT molecular complexity index is 237. The van der Waals surface area contributed by atoms with Gasteiger partial charge in [-0.3, -0.25) is 0 Å². The summed E-state index contributed by atoms with van der Waals surface area (Å²) in [7, 11) is 0. The van der Waals surface area contributed by atoms with Crippen LogP contribution in [0.5, 0.6) is 0 Å². The normalized spacial score (nSPS) is 23.8. The second-order valence-corrected chi connectivity index (χ2v) is 2.31. The van der Waals surface area contributed by atoms with E-state index in [0.29, 0.717) is 0 Å². The fourth-order valence-electron chi connectivity index (χ4n) is 0.823. The van der Waals surface area contributed by atoms with Gasteiger partial charge in [-0.25, -0.2) is 4.79 Å². The van der Waals surface area contributed by atoms with E-state index < -0.39 is 36.3 Å². The first-order valence-corrected chi connectivity index (χ1v) is 3.20.